The van der Waals surface area contributed by atoms with E-state index in [0.29, 0.717) is 4.90 Å². The zero-order chi connectivity index (χ0) is 28.4. The third-order valence-electron chi connectivity index (χ3n) is 4.46. The normalized spacial score (nSPS) is 13.4. The number of fused-ring (bicyclic) bond motifs is 1. The second kappa shape index (κ2) is 11.5. The van der Waals surface area contributed by atoms with Crippen LogP contribution in [0, 0.1) is 0 Å². The van der Waals surface area contributed by atoms with Crippen LogP contribution in [0.25, 0.3) is 11.2 Å². The van der Waals surface area contributed by atoms with Gasteiger partial charge in [-0.2, -0.15) is 44.5 Å². The molecule has 0 unspecified atom stereocenters. The van der Waals surface area contributed by atoms with Crippen molar-refractivity contribution in [3.63, 3.8) is 0 Å². The summed E-state index contributed by atoms with van der Waals surface area (Å²) < 4.78 is 132. The maximum atomic E-state index is 12.7. The van der Waals surface area contributed by atoms with E-state index >= 15 is 0 Å². The van der Waals surface area contributed by atoms with Gasteiger partial charge >= 0.3 is 17.9 Å². The number of anilines is 1. The van der Waals surface area contributed by atoms with Crippen LogP contribution in [0.5, 0.6) is 0 Å². The van der Waals surface area contributed by atoms with Crippen molar-refractivity contribution in [2.24, 2.45) is 0 Å². The Morgan fingerprint density at radius 3 is 2.05 bits per heavy atom. The molecular weight excluding hydrogens is 596 g/mol. The highest BCUT2D eigenvalue weighted by atomic mass is 32.2. The molecule has 19 heteroatoms. The Morgan fingerprint density at radius 1 is 0.921 bits per heavy atom. The monoisotopic (exact) mass is 613 g/mol. The van der Waals surface area contributed by atoms with Gasteiger partial charge in [-0.15, -0.1) is 0 Å². The summed E-state index contributed by atoms with van der Waals surface area (Å²) >= 11 is 0.763. The molecule has 0 fully saturated rings. The zero-order valence-corrected chi connectivity index (χ0v) is 21.3. The highest BCUT2D eigenvalue weighted by Crippen LogP contribution is 2.53. The summed E-state index contributed by atoms with van der Waals surface area (Å²) in [5, 5.41) is 0.253. The van der Waals surface area contributed by atoms with Gasteiger partial charge in [-0.1, -0.05) is 11.8 Å². The fraction of sp³-hybridized carbons (Fsp3) is 0.421. The Bertz CT molecular complexity index is 1280. The van der Waals surface area contributed by atoms with E-state index in [1.165, 1.54) is 35.2 Å². The molecule has 1 aromatic carbocycles. The molecule has 2 aromatic heterocycles. The van der Waals surface area contributed by atoms with Crippen LogP contribution < -0.4 is 5.73 Å². The van der Waals surface area contributed by atoms with Gasteiger partial charge in [0.1, 0.15) is 24.0 Å². The van der Waals surface area contributed by atoms with Gasteiger partial charge in [-0.3, -0.25) is 0 Å². The fourth-order valence-corrected chi connectivity index (χ4v) is 6.66. The molecule has 38 heavy (non-hydrogen) atoms. The van der Waals surface area contributed by atoms with Gasteiger partial charge in [0, 0.05) is 16.3 Å². The maximum absolute atomic E-state index is 12.7. The SMILES string of the molecule is Nc1nc(Sc2ccc(SC(F)(F)F)cc2)c2ncn(CCOCP(=O)(CC(F)(F)F)CC(F)(F)F)c2n1. The molecule has 3 rings (SSSR count). The number of alkyl halides is 9. The Hall–Kier alpha value is -2.17. The van der Waals surface area contributed by atoms with E-state index in [2.05, 4.69) is 15.0 Å². The largest absolute Gasteiger partial charge is 0.446 e. The summed E-state index contributed by atoms with van der Waals surface area (Å²) in [5.41, 5.74) is 1.71. The van der Waals surface area contributed by atoms with E-state index in [4.69, 9.17) is 10.5 Å². The van der Waals surface area contributed by atoms with Gasteiger partial charge in [0.2, 0.25) is 5.95 Å². The van der Waals surface area contributed by atoms with Crippen molar-refractivity contribution >= 4 is 47.8 Å². The molecule has 0 saturated heterocycles. The van der Waals surface area contributed by atoms with E-state index in [9.17, 15) is 44.1 Å². The van der Waals surface area contributed by atoms with Crippen molar-refractivity contribution in [1.82, 2.24) is 19.5 Å². The first kappa shape index (κ1) is 30.4. The minimum absolute atomic E-state index is 0.0199. The Labute approximate surface area is 217 Å². The summed E-state index contributed by atoms with van der Waals surface area (Å²) in [5.74, 6) is -0.188. The van der Waals surface area contributed by atoms with Crippen LogP contribution in [0.2, 0.25) is 0 Å². The van der Waals surface area contributed by atoms with Crippen molar-refractivity contribution in [2.45, 2.75) is 39.2 Å². The first-order chi connectivity index (χ1) is 17.4. The van der Waals surface area contributed by atoms with Crippen molar-refractivity contribution in [1.29, 1.82) is 0 Å². The quantitative estimate of drug-likeness (QED) is 0.0895. The van der Waals surface area contributed by atoms with Crippen molar-refractivity contribution in [2.75, 3.05) is 31.0 Å². The lowest BCUT2D eigenvalue weighted by molar-refractivity contribution is -0.113. The standard InChI is InChI=1S/C19H17F9N5O2PS2/c20-17(21,22)7-36(34,8-18(23,24)25)10-35-6-5-33-9-30-13-14(33)31-16(29)32-15(13)37-11-1-3-12(4-2-11)38-19(26,27)28/h1-4,9H,5-8,10H2,(H2,29,31,32). The van der Waals surface area contributed by atoms with E-state index < -0.39 is 50.3 Å². The van der Waals surface area contributed by atoms with Gasteiger partial charge in [0.05, 0.1) is 25.3 Å². The molecule has 0 amide bonds. The highest BCUT2D eigenvalue weighted by Gasteiger charge is 2.46. The lowest BCUT2D eigenvalue weighted by atomic mass is 10.4. The molecule has 7 nitrogen and oxygen atoms in total. The van der Waals surface area contributed by atoms with Gasteiger partial charge in [0.15, 0.2) is 5.65 Å². The van der Waals surface area contributed by atoms with E-state index in [0.717, 1.165) is 11.8 Å². The number of imidazole rings is 1. The first-order valence-electron chi connectivity index (χ1n) is 10.2. The topological polar surface area (TPSA) is 95.9 Å². The van der Waals surface area contributed by atoms with Crippen LogP contribution in [0.15, 0.2) is 45.4 Å². The summed E-state index contributed by atoms with van der Waals surface area (Å²) in [7, 11) is -4.80. The number of thioether (sulfide) groups is 1. The molecule has 0 saturated carbocycles. The summed E-state index contributed by atoms with van der Waals surface area (Å²) in [6.07, 6.45) is -14.3. The second-order valence-corrected chi connectivity index (χ2v) is 13.0. The average molecular weight is 613 g/mol. The van der Waals surface area contributed by atoms with Crippen LogP contribution >= 0.6 is 30.7 Å². The molecule has 2 N–H and O–H groups in total. The molecule has 0 aliphatic carbocycles. The average Bonchev–Trinajstić information content (AvgIpc) is 3.11. The van der Waals surface area contributed by atoms with Gasteiger partial charge in [0.25, 0.3) is 0 Å². The first-order valence-corrected chi connectivity index (χ1v) is 14.1. The van der Waals surface area contributed by atoms with Gasteiger partial charge < -0.3 is 19.6 Å². The van der Waals surface area contributed by atoms with Crippen LogP contribution in [0.1, 0.15) is 0 Å². The third kappa shape index (κ3) is 9.54. The van der Waals surface area contributed by atoms with E-state index in [1.807, 2.05) is 0 Å². The predicted molar refractivity (Wildman–Crippen MR) is 122 cm³/mol. The number of aromatic nitrogens is 4. The van der Waals surface area contributed by atoms with Crippen LogP contribution in [0.4, 0.5) is 45.5 Å². The minimum Gasteiger partial charge on any atom is -0.372 e. The summed E-state index contributed by atoms with van der Waals surface area (Å²) in [4.78, 5) is 12.8. The molecule has 0 aliphatic heterocycles. The lowest BCUT2D eigenvalue weighted by Gasteiger charge is -2.21. The molecule has 0 aliphatic rings. The van der Waals surface area contributed by atoms with Gasteiger partial charge in [-0.05, 0) is 36.0 Å². The Kier molecular flexibility index (Phi) is 9.21. The number of halogens is 9. The Balaban J connectivity index is 1.69. The van der Waals surface area contributed by atoms with Crippen LogP contribution in [-0.4, -0.2) is 62.7 Å². The molecule has 0 radical (unpaired) electrons. The van der Waals surface area contributed by atoms with Crippen molar-refractivity contribution in [3.05, 3.63) is 30.6 Å². The van der Waals surface area contributed by atoms with Gasteiger partial charge in [-0.25, -0.2) is 9.97 Å². The smallest absolute Gasteiger partial charge is 0.372 e. The number of nitrogen functional groups attached to an aromatic ring is 1. The number of ether oxygens (including phenoxy) is 1. The lowest BCUT2D eigenvalue weighted by Crippen LogP contribution is -2.24. The molecule has 210 valence electrons. The number of nitrogens with zero attached hydrogens (tertiary/aromatic N) is 4. The molecule has 3 aromatic rings. The number of hydrogen-bond acceptors (Lipinski definition) is 8. The maximum Gasteiger partial charge on any atom is 0.446 e. The predicted octanol–water partition coefficient (Wildman–Crippen LogP) is 6.63. The third-order valence-corrected chi connectivity index (χ3v) is 8.71. The second-order valence-electron chi connectivity index (χ2n) is 7.76. The molecular formula is C19H17F9N5O2PS2. The van der Waals surface area contributed by atoms with E-state index in [-0.39, 0.29) is 45.3 Å². The number of nitrogens with two attached hydrogens (primary N) is 1. The fourth-order valence-electron chi connectivity index (χ4n) is 3.18. The molecule has 0 bridgehead atoms. The Morgan fingerprint density at radius 2 is 1.50 bits per heavy atom. The highest BCUT2D eigenvalue weighted by molar-refractivity contribution is 8.00. The number of rotatable bonds is 10. The summed E-state index contributed by atoms with van der Waals surface area (Å²) in [6, 6.07) is 5.42. The molecule has 0 spiro atoms. The minimum atomic E-state index is -5.06. The molecule has 0 atom stereocenters. The zero-order valence-electron chi connectivity index (χ0n) is 18.8. The van der Waals surface area contributed by atoms with Crippen molar-refractivity contribution < 1.29 is 48.8 Å². The number of benzene rings is 1. The van der Waals surface area contributed by atoms with Crippen molar-refractivity contribution in [3.8, 4) is 0 Å². The number of hydrogen-bond donors (Lipinski definition) is 1. The van der Waals surface area contributed by atoms with Crippen LogP contribution in [0.3, 0.4) is 0 Å². The summed E-state index contributed by atoms with van der Waals surface area (Å²) in [6.45, 7) is -0.533. The van der Waals surface area contributed by atoms with Crippen LogP contribution in [-0.2, 0) is 15.8 Å². The molecule has 2 heterocycles. The van der Waals surface area contributed by atoms with E-state index in [1.54, 1.807) is 0 Å².